The Balaban J connectivity index is 1.82. The molecule has 2 heterocycles. The van der Waals surface area contributed by atoms with Crippen molar-refractivity contribution in [3.05, 3.63) is 12.2 Å². The number of hydrogen-bond donors (Lipinski definition) is 1. The standard InChI is InChI=1S/C15H20O4/c1-8-9-4-5-14(3)15(19-14)7-6-13(2,17)11(15)10(9)18-12(8)16/h9-11,17H,1,4-7H2,2-3H3/t9-,10-,11+,13-,14+,15+/m1/s1. The van der Waals surface area contributed by atoms with Crippen LogP contribution >= 0.6 is 0 Å². The topological polar surface area (TPSA) is 59.1 Å². The number of ether oxygens (including phenoxy) is 2. The average Bonchev–Trinajstić information content (AvgIpc) is 2.70. The molecule has 2 aliphatic heterocycles. The second-order valence-corrected chi connectivity index (χ2v) is 7.10. The van der Waals surface area contributed by atoms with Crippen molar-refractivity contribution in [1.82, 2.24) is 0 Å². The van der Waals surface area contributed by atoms with Gasteiger partial charge in [-0.3, -0.25) is 0 Å². The third kappa shape index (κ3) is 1.20. The molecule has 1 N–H and O–H groups in total. The van der Waals surface area contributed by atoms with Crippen LogP contribution in [0.3, 0.4) is 0 Å². The lowest BCUT2D eigenvalue weighted by atomic mass is 9.76. The van der Waals surface area contributed by atoms with E-state index in [0.717, 1.165) is 19.3 Å². The van der Waals surface area contributed by atoms with E-state index < -0.39 is 5.60 Å². The monoisotopic (exact) mass is 264 g/mol. The third-order valence-electron chi connectivity index (χ3n) is 6.05. The van der Waals surface area contributed by atoms with Crippen molar-refractivity contribution in [3.8, 4) is 0 Å². The van der Waals surface area contributed by atoms with Crippen molar-refractivity contribution in [2.75, 3.05) is 0 Å². The number of hydrogen-bond acceptors (Lipinski definition) is 4. The predicted molar refractivity (Wildman–Crippen MR) is 67.3 cm³/mol. The van der Waals surface area contributed by atoms with Crippen LogP contribution in [-0.4, -0.2) is 34.0 Å². The molecule has 0 aromatic rings. The molecule has 2 aliphatic carbocycles. The molecule has 2 saturated carbocycles. The fourth-order valence-corrected chi connectivity index (χ4v) is 4.92. The van der Waals surface area contributed by atoms with Gasteiger partial charge in [-0.15, -0.1) is 0 Å². The minimum atomic E-state index is -0.823. The largest absolute Gasteiger partial charge is 0.458 e. The molecular formula is C15H20O4. The van der Waals surface area contributed by atoms with E-state index >= 15 is 0 Å². The van der Waals surface area contributed by atoms with Gasteiger partial charge in [-0.05, 0) is 39.5 Å². The second-order valence-electron chi connectivity index (χ2n) is 7.10. The summed E-state index contributed by atoms with van der Waals surface area (Å²) < 4.78 is 11.7. The Hall–Kier alpha value is -0.870. The lowest BCUT2D eigenvalue weighted by Gasteiger charge is -2.33. The number of aliphatic hydroxyl groups is 1. The molecule has 6 atom stereocenters. The minimum absolute atomic E-state index is 0.0483. The Morgan fingerprint density at radius 1 is 1.32 bits per heavy atom. The fourth-order valence-electron chi connectivity index (χ4n) is 4.92. The number of carbonyl (C=O) groups is 1. The highest BCUT2D eigenvalue weighted by Gasteiger charge is 2.79. The maximum absolute atomic E-state index is 11.8. The van der Waals surface area contributed by atoms with Gasteiger partial charge in [-0.25, -0.2) is 4.79 Å². The summed E-state index contributed by atoms with van der Waals surface area (Å²) in [7, 11) is 0. The summed E-state index contributed by atoms with van der Waals surface area (Å²) >= 11 is 0. The van der Waals surface area contributed by atoms with Crippen LogP contribution in [0.2, 0.25) is 0 Å². The normalized spacial score (nSPS) is 59.0. The van der Waals surface area contributed by atoms with Crippen LogP contribution < -0.4 is 0 Å². The summed E-state index contributed by atoms with van der Waals surface area (Å²) in [6, 6.07) is 0. The smallest absolute Gasteiger partial charge is 0.334 e. The summed E-state index contributed by atoms with van der Waals surface area (Å²) in [5.41, 5.74) is -0.695. The summed E-state index contributed by atoms with van der Waals surface area (Å²) in [6.45, 7) is 7.87. The molecule has 0 unspecified atom stereocenters. The lowest BCUT2D eigenvalue weighted by Crippen LogP contribution is -2.46. The van der Waals surface area contributed by atoms with Gasteiger partial charge in [0.25, 0.3) is 0 Å². The highest BCUT2D eigenvalue weighted by atomic mass is 16.6. The molecule has 0 radical (unpaired) electrons. The molecule has 4 heteroatoms. The zero-order valence-electron chi connectivity index (χ0n) is 11.4. The molecule has 4 fully saturated rings. The van der Waals surface area contributed by atoms with Crippen molar-refractivity contribution >= 4 is 5.97 Å². The van der Waals surface area contributed by atoms with Gasteiger partial charge in [0.2, 0.25) is 0 Å². The van der Waals surface area contributed by atoms with E-state index in [2.05, 4.69) is 13.5 Å². The molecule has 1 spiro atoms. The van der Waals surface area contributed by atoms with E-state index in [0.29, 0.717) is 12.0 Å². The van der Waals surface area contributed by atoms with E-state index in [-0.39, 0.29) is 35.1 Å². The molecule has 4 rings (SSSR count). The first-order valence-corrected chi connectivity index (χ1v) is 7.13. The van der Waals surface area contributed by atoms with Crippen molar-refractivity contribution in [2.24, 2.45) is 11.8 Å². The highest BCUT2D eigenvalue weighted by molar-refractivity contribution is 5.91. The number of carbonyl (C=O) groups excluding carboxylic acids is 1. The molecule has 0 amide bonds. The zero-order valence-corrected chi connectivity index (χ0v) is 11.4. The fraction of sp³-hybridized carbons (Fsp3) is 0.800. The molecule has 0 aromatic carbocycles. The Kier molecular flexibility index (Phi) is 1.92. The number of epoxide rings is 1. The maximum Gasteiger partial charge on any atom is 0.334 e. The quantitative estimate of drug-likeness (QED) is 0.410. The van der Waals surface area contributed by atoms with Gasteiger partial charge in [-0.1, -0.05) is 6.58 Å². The van der Waals surface area contributed by atoms with Gasteiger partial charge in [-0.2, -0.15) is 0 Å². The van der Waals surface area contributed by atoms with Gasteiger partial charge in [0.1, 0.15) is 11.7 Å². The van der Waals surface area contributed by atoms with Crippen LogP contribution in [0, 0.1) is 11.8 Å². The van der Waals surface area contributed by atoms with Crippen LogP contribution in [-0.2, 0) is 14.3 Å². The van der Waals surface area contributed by atoms with Crippen LogP contribution in [0.1, 0.15) is 39.5 Å². The summed E-state index contributed by atoms with van der Waals surface area (Å²) in [5, 5.41) is 10.7. The van der Waals surface area contributed by atoms with Crippen molar-refractivity contribution in [3.63, 3.8) is 0 Å². The zero-order chi connectivity index (χ0) is 13.6. The molecule has 0 aromatic heterocycles. The van der Waals surface area contributed by atoms with Crippen LogP contribution in [0.4, 0.5) is 0 Å². The molecule has 4 aliphatic rings. The predicted octanol–water partition coefficient (Wildman–Crippen LogP) is 1.57. The van der Waals surface area contributed by atoms with Gasteiger partial charge < -0.3 is 14.6 Å². The van der Waals surface area contributed by atoms with Gasteiger partial charge in [0.15, 0.2) is 0 Å². The molecule has 2 saturated heterocycles. The van der Waals surface area contributed by atoms with Gasteiger partial charge in [0, 0.05) is 11.5 Å². The van der Waals surface area contributed by atoms with Crippen molar-refractivity contribution in [1.29, 1.82) is 0 Å². The summed E-state index contributed by atoms with van der Waals surface area (Å²) in [5.74, 6) is -0.370. The van der Waals surface area contributed by atoms with E-state index in [1.54, 1.807) is 0 Å². The molecule has 104 valence electrons. The van der Waals surface area contributed by atoms with Crippen molar-refractivity contribution < 1.29 is 19.4 Å². The van der Waals surface area contributed by atoms with Crippen molar-refractivity contribution in [2.45, 2.75) is 62.4 Å². The molecule has 19 heavy (non-hydrogen) atoms. The first-order chi connectivity index (χ1) is 8.81. The Morgan fingerprint density at radius 2 is 2.05 bits per heavy atom. The summed E-state index contributed by atoms with van der Waals surface area (Å²) in [4.78, 5) is 11.8. The average molecular weight is 264 g/mol. The van der Waals surface area contributed by atoms with E-state index in [9.17, 15) is 9.90 Å². The molecule has 4 nitrogen and oxygen atoms in total. The third-order valence-corrected chi connectivity index (χ3v) is 6.05. The SMILES string of the molecule is C=C1C(=O)O[C@@H]2[C@@H]1CC[C@]1(C)O[C@]13CC[C@@](C)(O)[C@H]23. The van der Waals surface area contributed by atoms with E-state index in [1.807, 2.05) is 6.92 Å². The van der Waals surface area contributed by atoms with E-state index in [1.165, 1.54) is 0 Å². The Labute approximate surface area is 112 Å². The highest BCUT2D eigenvalue weighted by Crippen LogP contribution is 2.69. The summed E-state index contributed by atoms with van der Waals surface area (Å²) in [6.07, 6.45) is 3.08. The molecule has 0 bridgehead atoms. The van der Waals surface area contributed by atoms with Gasteiger partial charge in [0.05, 0.1) is 17.1 Å². The first kappa shape index (κ1) is 11.9. The van der Waals surface area contributed by atoms with Gasteiger partial charge >= 0.3 is 5.97 Å². The number of rotatable bonds is 0. The Bertz CT molecular complexity index is 496. The lowest BCUT2D eigenvalue weighted by molar-refractivity contribution is -0.147. The molecular weight excluding hydrogens is 244 g/mol. The Morgan fingerprint density at radius 3 is 2.79 bits per heavy atom. The number of fused-ring (bicyclic) bond motifs is 2. The van der Waals surface area contributed by atoms with Crippen LogP contribution in [0.25, 0.3) is 0 Å². The minimum Gasteiger partial charge on any atom is -0.458 e. The van der Waals surface area contributed by atoms with Crippen LogP contribution in [0.15, 0.2) is 12.2 Å². The first-order valence-electron chi connectivity index (χ1n) is 7.13. The maximum atomic E-state index is 11.8. The van der Waals surface area contributed by atoms with Crippen LogP contribution in [0.5, 0.6) is 0 Å². The number of esters is 1. The van der Waals surface area contributed by atoms with E-state index in [4.69, 9.17) is 9.47 Å². The second kappa shape index (κ2) is 3.07.